The maximum absolute atomic E-state index is 12.6. The van der Waals surface area contributed by atoms with Gasteiger partial charge in [0.05, 0.1) is 0 Å². The molecule has 2 aromatic rings. The number of piperazine rings is 1. The van der Waals surface area contributed by atoms with E-state index < -0.39 is 0 Å². The molecule has 4 rings (SSSR count). The van der Waals surface area contributed by atoms with E-state index in [1.165, 1.54) is 24.0 Å². The molecule has 0 bridgehead atoms. The number of hydrogen-bond donors (Lipinski definition) is 0. The van der Waals surface area contributed by atoms with Crippen molar-refractivity contribution in [2.75, 3.05) is 26.2 Å². The Kier molecular flexibility index (Phi) is 5.30. The minimum Gasteiger partial charge on any atom is -0.340 e. The average molecular weight is 349 g/mol. The molecule has 1 aromatic carbocycles. The lowest BCUT2D eigenvalue weighted by atomic mass is 10.0. The van der Waals surface area contributed by atoms with Crippen molar-refractivity contribution in [3.05, 3.63) is 54.4 Å². The monoisotopic (exact) mass is 349 g/mol. The SMILES string of the molecule is O=C(C1CCCC1)N1CCN(Cc2ccccc2-c2cccnc2)CC1. The van der Waals surface area contributed by atoms with Gasteiger partial charge in [-0.2, -0.15) is 0 Å². The van der Waals surface area contributed by atoms with Crippen molar-refractivity contribution >= 4 is 5.91 Å². The van der Waals surface area contributed by atoms with E-state index >= 15 is 0 Å². The second-order valence-corrected chi connectivity index (χ2v) is 7.48. The van der Waals surface area contributed by atoms with Crippen LogP contribution in [0.4, 0.5) is 0 Å². The lowest BCUT2D eigenvalue weighted by molar-refractivity contribution is -0.137. The summed E-state index contributed by atoms with van der Waals surface area (Å²) < 4.78 is 0. The zero-order chi connectivity index (χ0) is 17.8. The van der Waals surface area contributed by atoms with Crippen LogP contribution in [0.5, 0.6) is 0 Å². The molecule has 2 fully saturated rings. The maximum Gasteiger partial charge on any atom is 0.225 e. The van der Waals surface area contributed by atoms with Gasteiger partial charge in [-0.1, -0.05) is 43.2 Å². The predicted molar refractivity (Wildman–Crippen MR) is 103 cm³/mol. The Morgan fingerprint density at radius 1 is 1.00 bits per heavy atom. The first kappa shape index (κ1) is 17.2. The van der Waals surface area contributed by atoms with Gasteiger partial charge >= 0.3 is 0 Å². The van der Waals surface area contributed by atoms with E-state index in [4.69, 9.17) is 0 Å². The third-order valence-corrected chi connectivity index (χ3v) is 5.77. The molecule has 1 saturated heterocycles. The van der Waals surface area contributed by atoms with Gasteiger partial charge in [0.25, 0.3) is 0 Å². The molecular formula is C22H27N3O. The topological polar surface area (TPSA) is 36.4 Å². The second-order valence-electron chi connectivity index (χ2n) is 7.48. The van der Waals surface area contributed by atoms with E-state index in [2.05, 4.69) is 45.1 Å². The molecule has 1 aliphatic heterocycles. The van der Waals surface area contributed by atoms with Crippen LogP contribution in [0.2, 0.25) is 0 Å². The van der Waals surface area contributed by atoms with Crippen molar-refractivity contribution in [1.29, 1.82) is 0 Å². The Morgan fingerprint density at radius 2 is 1.77 bits per heavy atom. The molecule has 26 heavy (non-hydrogen) atoms. The van der Waals surface area contributed by atoms with Gasteiger partial charge in [0.15, 0.2) is 0 Å². The third-order valence-electron chi connectivity index (χ3n) is 5.77. The lowest BCUT2D eigenvalue weighted by Gasteiger charge is -2.36. The molecule has 1 amide bonds. The van der Waals surface area contributed by atoms with Crippen molar-refractivity contribution in [2.24, 2.45) is 5.92 Å². The number of pyridine rings is 1. The van der Waals surface area contributed by atoms with Gasteiger partial charge in [0.2, 0.25) is 5.91 Å². The highest BCUT2D eigenvalue weighted by Gasteiger charge is 2.29. The van der Waals surface area contributed by atoms with Gasteiger partial charge in [-0.3, -0.25) is 14.7 Å². The number of rotatable bonds is 4. The molecule has 0 atom stereocenters. The van der Waals surface area contributed by atoms with Gasteiger partial charge in [0.1, 0.15) is 0 Å². The van der Waals surface area contributed by atoms with Crippen molar-refractivity contribution in [1.82, 2.24) is 14.8 Å². The summed E-state index contributed by atoms with van der Waals surface area (Å²) in [4.78, 5) is 21.4. The zero-order valence-electron chi connectivity index (χ0n) is 15.3. The molecule has 2 aliphatic rings. The van der Waals surface area contributed by atoms with Crippen molar-refractivity contribution in [2.45, 2.75) is 32.2 Å². The van der Waals surface area contributed by atoms with E-state index in [9.17, 15) is 4.79 Å². The Morgan fingerprint density at radius 3 is 2.50 bits per heavy atom. The minimum atomic E-state index is 0.299. The molecule has 0 radical (unpaired) electrons. The smallest absolute Gasteiger partial charge is 0.225 e. The first-order chi connectivity index (χ1) is 12.8. The van der Waals surface area contributed by atoms with Crippen LogP contribution < -0.4 is 0 Å². The number of hydrogen-bond acceptors (Lipinski definition) is 3. The number of carbonyl (C=O) groups is 1. The van der Waals surface area contributed by atoms with Crippen LogP contribution in [0.1, 0.15) is 31.2 Å². The number of amides is 1. The van der Waals surface area contributed by atoms with E-state index in [0.29, 0.717) is 11.8 Å². The summed E-state index contributed by atoms with van der Waals surface area (Å²) in [6.45, 7) is 4.57. The predicted octanol–water partition coefficient (Wildman–Crippen LogP) is 3.58. The molecule has 4 heteroatoms. The number of nitrogens with zero attached hydrogens (tertiary/aromatic N) is 3. The molecule has 1 saturated carbocycles. The summed E-state index contributed by atoms with van der Waals surface area (Å²) in [7, 11) is 0. The van der Waals surface area contributed by atoms with Crippen molar-refractivity contribution in [3.63, 3.8) is 0 Å². The Balaban J connectivity index is 1.38. The first-order valence-electron chi connectivity index (χ1n) is 9.81. The van der Waals surface area contributed by atoms with Crippen LogP contribution >= 0.6 is 0 Å². The fourth-order valence-electron chi connectivity index (χ4n) is 4.26. The van der Waals surface area contributed by atoms with Crippen LogP contribution in [-0.2, 0) is 11.3 Å². The molecule has 0 unspecified atom stereocenters. The second kappa shape index (κ2) is 8.00. The van der Waals surface area contributed by atoms with Gasteiger partial charge in [-0.15, -0.1) is 0 Å². The minimum absolute atomic E-state index is 0.299. The molecular weight excluding hydrogens is 322 g/mol. The number of carbonyl (C=O) groups excluding carboxylic acids is 1. The fraction of sp³-hybridized carbons (Fsp3) is 0.455. The summed E-state index contributed by atoms with van der Waals surface area (Å²) in [5.74, 6) is 0.700. The maximum atomic E-state index is 12.6. The molecule has 0 spiro atoms. The molecule has 136 valence electrons. The van der Waals surface area contributed by atoms with Crippen LogP contribution in [0.25, 0.3) is 11.1 Å². The quantitative estimate of drug-likeness (QED) is 0.846. The average Bonchev–Trinajstić information content (AvgIpc) is 3.24. The standard InChI is InChI=1S/C22H27N3O/c26-22(18-6-1-2-7-18)25-14-12-24(13-15-25)17-20-8-3-4-10-21(20)19-9-5-11-23-16-19/h3-5,8-11,16,18H,1-2,6-7,12-15,17H2. The zero-order valence-corrected chi connectivity index (χ0v) is 15.3. The highest BCUT2D eigenvalue weighted by atomic mass is 16.2. The van der Waals surface area contributed by atoms with E-state index in [1.54, 1.807) is 0 Å². The highest BCUT2D eigenvalue weighted by Crippen LogP contribution is 2.28. The molecule has 1 aromatic heterocycles. The Hall–Kier alpha value is -2.20. The Bertz CT molecular complexity index is 732. The molecule has 4 nitrogen and oxygen atoms in total. The van der Waals surface area contributed by atoms with Crippen LogP contribution in [0.15, 0.2) is 48.8 Å². The lowest BCUT2D eigenvalue weighted by Crippen LogP contribution is -2.49. The number of aromatic nitrogens is 1. The van der Waals surface area contributed by atoms with Gasteiger partial charge in [-0.25, -0.2) is 0 Å². The normalized spacial score (nSPS) is 19.0. The van der Waals surface area contributed by atoms with Crippen LogP contribution in [0.3, 0.4) is 0 Å². The summed E-state index contributed by atoms with van der Waals surface area (Å²) in [5.41, 5.74) is 3.75. The van der Waals surface area contributed by atoms with Gasteiger partial charge in [0, 0.05) is 56.6 Å². The van der Waals surface area contributed by atoms with Crippen LogP contribution in [-0.4, -0.2) is 46.9 Å². The third kappa shape index (κ3) is 3.80. The van der Waals surface area contributed by atoms with E-state index in [-0.39, 0.29) is 0 Å². The molecule has 0 N–H and O–H groups in total. The summed E-state index contributed by atoms with van der Waals surface area (Å²) in [6, 6.07) is 12.7. The molecule has 2 heterocycles. The Labute approximate surface area is 155 Å². The largest absolute Gasteiger partial charge is 0.340 e. The highest BCUT2D eigenvalue weighted by molar-refractivity contribution is 5.79. The molecule has 1 aliphatic carbocycles. The van der Waals surface area contributed by atoms with Gasteiger partial charge < -0.3 is 4.90 Å². The van der Waals surface area contributed by atoms with E-state index in [0.717, 1.165) is 51.1 Å². The van der Waals surface area contributed by atoms with Crippen molar-refractivity contribution in [3.8, 4) is 11.1 Å². The van der Waals surface area contributed by atoms with Crippen molar-refractivity contribution < 1.29 is 4.79 Å². The number of benzene rings is 1. The fourth-order valence-corrected chi connectivity index (χ4v) is 4.26. The van der Waals surface area contributed by atoms with Crippen LogP contribution in [0, 0.1) is 5.92 Å². The summed E-state index contributed by atoms with van der Waals surface area (Å²) >= 11 is 0. The summed E-state index contributed by atoms with van der Waals surface area (Å²) in [6.07, 6.45) is 8.38. The van der Waals surface area contributed by atoms with E-state index in [1.807, 2.05) is 18.5 Å². The first-order valence-corrected chi connectivity index (χ1v) is 9.81. The summed E-state index contributed by atoms with van der Waals surface area (Å²) in [5, 5.41) is 0. The van der Waals surface area contributed by atoms with Gasteiger partial charge in [-0.05, 0) is 30.0 Å².